The molecule has 2 aliphatic heterocycles. The Morgan fingerprint density at radius 2 is 2.04 bits per heavy atom. The zero-order valence-electron chi connectivity index (χ0n) is 13.7. The van der Waals surface area contributed by atoms with Crippen molar-refractivity contribution in [3.8, 4) is 0 Å². The van der Waals surface area contributed by atoms with Gasteiger partial charge in [-0.3, -0.25) is 9.69 Å². The Hall–Kier alpha value is -2.42. The van der Waals surface area contributed by atoms with Crippen LogP contribution in [0.25, 0.3) is 0 Å². The Balaban J connectivity index is 1.57. The van der Waals surface area contributed by atoms with Gasteiger partial charge in [-0.25, -0.2) is 14.8 Å². The maximum absolute atomic E-state index is 11.9. The number of amides is 2. The van der Waals surface area contributed by atoms with Crippen LogP contribution in [0.4, 0.5) is 10.6 Å². The van der Waals surface area contributed by atoms with Gasteiger partial charge in [-0.15, -0.1) is 0 Å². The van der Waals surface area contributed by atoms with Crippen molar-refractivity contribution in [2.24, 2.45) is 0 Å². The molecular formula is C15H21N5O4. The first-order valence-corrected chi connectivity index (χ1v) is 7.97. The molecule has 1 aromatic rings. The van der Waals surface area contributed by atoms with Crippen LogP contribution in [0, 0.1) is 6.92 Å². The van der Waals surface area contributed by atoms with Crippen LogP contribution in [0.5, 0.6) is 0 Å². The van der Waals surface area contributed by atoms with Gasteiger partial charge in [-0.05, 0) is 6.92 Å². The molecule has 0 saturated carbocycles. The van der Waals surface area contributed by atoms with Crippen LogP contribution >= 0.6 is 0 Å². The summed E-state index contributed by atoms with van der Waals surface area (Å²) >= 11 is 0. The van der Waals surface area contributed by atoms with Gasteiger partial charge in [0.25, 0.3) is 0 Å². The summed E-state index contributed by atoms with van der Waals surface area (Å²) < 4.78 is 10.1. The highest BCUT2D eigenvalue weighted by molar-refractivity contribution is 5.82. The number of aryl methyl sites for hydroxylation is 1. The molecule has 0 atom stereocenters. The number of morpholine rings is 1. The normalized spacial score (nSPS) is 17.8. The van der Waals surface area contributed by atoms with E-state index in [0.29, 0.717) is 32.2 Å². The molecule has 1 aromatic heterocycles. The van der Waals surface area contributed by atoms with E-state index in [4.69, 9.17) is 9.47 Å². The van der Waals surface area contributed by atoms with Crippen molar-refractivity contribution in [1.82, 2.24) is 20.2 Å². The van der Waals surface area contributed by atoms with Crippen LogP contribution in [0.2, 0.25) is 0 Å². The smallest absolute Gasteiger partial charge is 0.410 e. The average Bonchev–Trinajstić information content (AvgIpc) is 2.98. The number of nitrogens with zero attached hydrogens (tertiary/aromatic N) is 4. The summed E-state index contributed by atoms with van der Waals surface area (Å²) in [4.78, 5) is 35.7. The van der Waals surface area contributed by atoms with Crippen molar-refractivity contribution < 1.29 is 19.1 Å². The second-order valence-electron chi connectivity index (χ2n) is 5.70. The van der Waals surface area contributed by atoms with E-state index >= 15 is 0 Å². The van der Waals surface area contributed by atoms with Gasteiger partial charge in [0.2, 0.25) is 5.91 Å². The molecule has 2 amide bonds. The molecule has 9 nitrogen and oxygen atoms in total. The number of rotatable bonds is 5. The van der Waals surface area contributed by atoms with Crippen molar-refractivity contribution in [3.63, 3.8) is 0 Å². The van der Waals surface area contributed by atoms with Gasteiger partial charge in [0.15, 0.2) is 0 Å². The molecule has 0 bridgehead atoms. The largest absolute Gasteiger partial charge is 0.448 e. The quantitative estimate of drug-likeness (QED) is 0.788. The molecule has 0 spiro atoms. The predicted molar refractivity (Wildman–Crippen MR) is 84.6 cm³/mol. The van der Waals surface area contributed by atoms with E-state index in [-0.39, 0.29) is 19.0 Å². The second-order valence-corrected chi connectivity index (χ2v) is 5.70. The molecule has 0 unspecified atom stereocenters. The molecule has 130 valence electrons. The maximum Gasteiger partial charge on any atom is 0.410 e. The van der Waals surface area contributed by atoms with Crippen molar-refractivity contribution in [2.75, 3.05) is 50.9 Å². The molecule has 3 heterocycles. The molecule has 9 heteroatoms. The summed E-state index contributed by atoms with van der Waals surface area (Å²) in [6.07, 6.45) is -0.452. The molecular weight excluding hydrogens is 314 g/mol. The van der Waals surface area contributed by atoms with Crippen molar-refractivity contribution in [3.05, 3.63) is 17.6 Å². The molecule has 2 fully saturated rings. The van der Waals surface area contributed by atoms with Crippen LogP contribution in [-0.4, -0.2) is 72.9 Å². The highest BCUT2D eigenvalue weighted by atomic mass is 16.6. The summed E-state index contributed by atoms with van der Waals surface area (Å²) in [7, 11) is 0. The maximum atomic E-state index is 11.9. The third kappa shape index (κ3) is 4.10. The van der Waals surface area contributed by atoms with Crippen LogP contribution in [0.15, 0.2) is 6.07 Å². The Morgan fingerprint density at radius 3 is 2.75 bits per heavy atom. The van der Waals surface area contributed by atoms with Crippen molar-refractivity contribution in [1.29, 1.82) is 0 Å². The Morgan fingerprint density at radius 1 is 1.25 bits per heavy atom. The fourth-order valence-electron chi connectivity index (χ4n) is 2.62. The summed E-state index contributed by atoms with van der Waals surface area (Å²) in [5.74, 6) is 1.14. The van der Waals surface area contributed by atoms with E-state index in [0.717, 1.165) is 24.6 Å². The predicted octanol–water partition coefficient (Wildman–Crippen LogP) is -0.310. The van der Waals surface area contributed by atoms with Crippen LogP contribution < -0.4 is 10.2 Å². The molecule has 0 aliphatic carbocycles. The molecule has 24 heavy (non-hydrogen) atoms. The Kier molecular flexibility index (Phi) is 5.09. The first-order chi connectivity index (χ1) is 11.6. The lowest BCUT2D eigenvalue weighted by molar-refractivity contribution is -0.121. The molecule has 0 radical (unpaired) electrons. The van der Waals surface area contributed by atoms with Crippen LogP contribution in [-0.2, 0) is 20.8 Å². The summed E-state index contributed by atoms with van der Waals surface area (Å²) in [6, 6.07) is 1.93. The van der Waals surface area contributed by atoms with Crippen LogP contribution in [0.3, 0.4) is 0 Å². The number of aromatic nitrogens is 2. The number of hydrogen-bond donors (Lipinski definition) is 1. The van der Waals surface area contributed by atoms with Gasteiger partial charge >= 0.3 is 6.09 Å². The van der Waals surface area contributed by atoms with Gasteiger partial charge in [0.05, 0.1) is 26.3 Å². The van der Waals surface area contributed by atoms with E-state index in [2.05, 4.69) is 20.2 Å². The summed E-state index contributed by atoms with van der Waals surface area (Å²) in [5.41, 5.74) is 0.846. The number of hydrogen-bond acceptors (Lipinski definition) is 7. The zero-order chi connectivity index (χ0) is 16.9. The first kappa shape index (κ1) is 16.4. The van der Waals surface area contributed by atoms with Gasteiger partial charge < -0.3 is 19.7 Å². The van der Waals surface area contributed by atoms with E-state index in [1.807, 2.05) is 13.0 Å². The fraction of sp³-hybridized carbons (Fsp3) is 0.600. The minimum Gasteiger partial charge on any atom is -0.448 e. The number of carbonyl (C=O) groups excluding carboxylic acids is 2. The highest BCUT2D eigenvalue weighted by Gasteiger charge is 2.24. The fourth-order valence-corrected chi connectivity index (χ4v) is 2.62. The lowest BCUT2D eigenvalue weighted by Gasteiger charge is -2.28. The van der Waals surface area contributed by atoms with Crippen molar-refractivity contribution in [2.45, 2.75) is 13.5 Å². The summed E-state index contributed by atoms with van der Waals surface area (Å²) in [5, 5.41) is 2.75. The molecule has 1 N–H and O–H groups in total. The van der Waals surface area contributed by atoms with Gasteiger partial charge in [0, 0.05) is 24.8 Å². The number of cyclic esters (lactones) is 1. The van der Waals surface area contributed by atoms with E-state index in [1.165, 1.54) is 4.90 Å². The number of anilines is 1. The average molecular weight is 335 g/mol. The van der Waals surface area contributed by atoms with Crippen LogP contribution in [0.1, 0.15) is 11.5 Å². The standard InChI is InChI=1S/C15H21N5O4/c1-11-8-13(19-2-5-23-6-3-19)18-12(17-11)9-16-14(21)10-20-4-7-24-15(20)22/h8H,2-7,9-10H2,1H3,(H,16,21). The number of nitrogens with one attached hydrogen (secondary N) is 1. The number of carbonyl (C=O) groups is 2. The van der Waals surface area contributed by atoms with Gasteiger partial charge in [-0.2, -0.15) is 0 Å². The topological polar surface area (TPSA) is 96.9 Å². The summed E-state index contributed by atoms with van der Waals surface area (Å²) in [6.45, 7) is 5.82. The van der Waals surface area contributed by atoms with E-state index < -0.39 is 6.09 Å². The zero-order valence-corrected chi connectivity index (χ0v) is 13.7. The second kappa shape index (κ2) is 7.43. The lowest BCUT2D eigenvalue weighted by atomic mass is 10.3. The monoisotopic (exact) mass is 335 g/mol. The lowest BCUT2D eigenvalue weighted by Crippen LogP contribution is -2.38. The minimum absolute atomic E-state index is 0.0129. The van der Waals surface area contributed by atoms with Gasteiger partial charge in [0.1, 0.15) is 24.8 Å². The Bertz CT molecular complexity index is 618. The first-order valence-electron chi connectivity index (χ1n) is 7.97. The third-order valence-electron chi connectivity index (χ3n) is 3.85. The SMILES string of the molecule is Cc1cc(N2CCOCC2)nc(CNC(=O)CN2CCOC2=O)n1. The number of ether oxygens (including phenoxy) is 2. The van der Waals surface area contributed by atoms with E-state index in [1.54, 1.807) is 0 Å². The molecule has 0 aromatic carbocycles. The highest BCUT2D eigenvalue weighted by Crippen LogP contribution is 2.14. The third-order valence-corrected chi connectivity index (χ3v) is 3.85. The van der Waals surface area contributed by atoms with Gasteiger partial charge in [-0.1, -0.05) is 0 Å². The van der Waals surface area contributed by atoms with Crippen molar-refractivity contribution >= 4 is 17.8 Å². The minimum atomic E-state index is -0.452. The molecule has 2 saturated heterocycles. The molecule has 3 rings (SSSR count). The molecule has 2 aliphatic rings. The Labute approximate surface area is 139 Å². The van der Waals surface area contributed by atoms with E-state index in [9.17, 15) is 9.59 Å².